The van der Waals surface area contributed by atoms with Crippen molar-refractivity contribution in [2.24, 2.45) is 4.99 Å². The van der Waals surface area contributed by atoms with Gasteiger partial charge >= 0.3 is 0 Å². The van der Waals surface area contributed by atoms with Crippen molar-refractivity contribution < 1.29 is 14.3 Å². The Bertz CT molecular complexity index is 1220. The van der Waals surface area contributed by atoms with Gasteiger partial charge in [-0.2, -0.15) is 0 Å². The van der Waals surface area contributed by atoms with Crippen molar-refractivity contribution in [3.05, 3.63) is 89.4 Å². The Morgan fingerprint density at radius 3 is 2.61 bits per heavy atom. The van der Waals surface area contributed by atoms with E-state index < -0.39 is 5.25 Å². The number of aliphatic imine (C=N–C) groups is 1. The molecule has 1 saturated heterocycles. The number of hydrogen-bond donors (Lipinski definition) is 1. The number of carbonyl (C=O) groups is 2. The first-order chi connectivity index (χ1) is 17.5. The SMILES string of the molecule is CCCOc1ccc(NC(=O)C2CC(=O)N(CCc3ccccc3)C(=Nc3cccc(Cl)c3)S2)cc1. The maximum atomic E-state index is 13.2. The normalized spacial score (nSPS) is 16.7. The first-order valence-corrected chi connectivity index (χ1v) is 13.2. The van der Waals surface area contributed by atoms with Crippen molar-refractivity contribution >= 4 is 51.7 Å². The van der Waals surface area contributed by atoms with Crippen molar-refractivity contribution in [1.29, 1.82) is 0 Å². The standard InChI is InChI=1S/C28H28ClN3O3S/c1-2-17-35-24-13-11-22(12-14-24)30-27(34)25-19-26(33)32(16-15-20-7-4-3-5-8-20)28(36-25)31-23-10-6-9-21(29)18-23/h3-14,18,25H,2,15-17,19H2,1H3,(H,30,34). The fourth-order valence-electron chi connectivity index (χ4n) is 3.68. The summed E-state index contributed by atoms with van der Waals surface area (Å²) in [7, 11) is 0. The van der Waals surface area contributed by atoms with E-state index in [4.69, 9.17) is 21.3 Å². The van der Waals surface area contributed by atoms with E-state index in [9.17, 15) is 9.59 Å². The highest BCUT2D eigenvalue weighted by Crippen LogP contribution is 2.31. The summed E-state index contributed by atoms with van der Waals surface area (Å²) >= 11 is 7.44. The van der Waals surface area contributed by atoms with Crippen LogP contribution in [0, 0.1) is 0 Å². The van der Waals surface area contributed by atoms with Crippen LogP contribution in [0.4, 0.5) is 11.4 Å². The number of hydrogen-bond acceptors (Lipinski definition) is 5. The topological polar surface area (TPSA) is 71.0 Å². The van der Waals surface area contributed by atoms with Crippen LogP contribution in [0.5, 0.6) is 5.75 Å². The zero-order valence-electron chi connectivity index (χ0n) is 20.0. The number of nitrogens with zero attached hydrogens (tertiary/aromatic N) is 2. The Morgan fingerprint density at radius 1 is 1.11 bits per heavy atom. The Kier molecular flexibility index (Phi) is 9.03. The maximum Gasteiger partial charge on any atom is 0.238 e. The first kappa shape index (κ1) is 25.8. The van der Waals surface area contributed by atoms with Gasteiger partial charge in [0.2, 0.25) is 11.8 Å². The van der Waals surface area contributed by atoms with E-state index in [-0.39, 0.29) is 18.2 Å². The van der Waals surface area contributed by atoms with Crippen LogP contribution in [0.15, 0.2) is 83.9 Å². The van der Waals surface area contributed by atoms with Crippen LogP contribution in [0.1, 0.15) is 25.3 Å². The van der Waals surface area contributed by atoms with Gasteiger partial charge in [0.25, 0.3) is 0 Å². The van der Waals surface area contributed by atoms with Crippen LogP contribution in [-0.4, -0.2) is 40.3 Å². The lowest BCUT2D eigenvalue weighted by Gasteiger charge is -2.32. The predicted molar refractivity (Wildman–Crippen MR) is 147 cm³/mol. The lowest BCUT2D eigenvalue weighted by Crippen LogP contribution is -2.46. The molecule has 0 bridgehead atoms. The number of anilines is 1. The first-order valence-electron chi connectivity index (χ1n) is 11.9. The Hall–Kier alpha value is -3.29. The highest BCUT2D eigenvalue weighted by Gasteiger charge is 2.35. The van der Waals surface area contributed by atoms with Gasteiger partial charge in [-0.25, -0.2) is 4.99 Å². The van der Waals surface area contributed by atoms with Crippen LogP contribution >= 0.6 is 23.4 Å². The molecule has 0 saturated carbocycles. The molecule has 0 aliphatic carbocycles. The summed E-state index contributed by atoms with van der Waals surface area (Å²) in [5.74, 6) is 0.382. The molecule has 1 heterocycles. The average molecular weight is 522 g/mol. The number of rotatable bonds is 9. The molecular weight excluding hydrogens is 494 g/mol. The number of thioether (sulfide) groups is 1. The molecule has 4 rings (SSSR count). The lowest BCUT2D eigenvalue weighted by atomic mass is 10.1. The Labute approximate surface area is 220 Å². The summed E-state index contributed by atoms with van der Waals surface area (Å²) in [4.78, 5) is 32.7. The minimum atomic E-state index is -0.598. The third kappa shape index (κ3) is 7.12. The van der Waals surface area contributed by atoms with Crippen LogP contribution in [0.2, 0.25) is 5.02 Å². The van der Waals surface area contributed by atoms with Gasteiger partial charge in [0, 0.05) is 23.7 Å². The number of amidine groups is 1. The number of halogens is 1. The molecule has 1 unspecified atom stereocenters. The predicted octanol–water partition coefficient (Wildman–Crippen LogP) is 6.33. The number of carbonyl (C=O) groups excluding carboxylic acids is 2. The van der Waals surface area contributed by atoms with E-state index in [1.54, 1.807) is 29.2 Å². The van der Waals surface area contributed by atoms with Gasteiger partial charge in [0.1, 0.15) is 11.0 Å². The van der Waals surface area contributed by atoms with Crippen LogP contribution in [-0.2, 0) is 16.0 Å². The Balaban J connectivity index is 1.50. The smallest absolute Gasteiger partial charge is 0.238 e. The van der Waals surface area contributed by atoms with E-state index >= 15 is 0 Å². The zero-order valence-corrected chi connectivity index (χ0v) is 21.6. The van der Waals surface area contributed by atoms with Gasteiger partial charge in [0.05, 0.1) is 12.3 Å². The van der Waals surface area contributed by atoms with E-state index in [0.29, 0.717) is 41.1 Å². The fraction of sp³-hybridized carbons (Fsp3) is 0.250. The molecule has 0 radical (unpaired) electrons. The molecule has 1 aliphatic heterocycles. The van der Waals surface area contributed by atoms with Crippen molar-refractivity contribution in [1.82, 2.24) is 4.90 Å². The number of amides is 2. The summed E-state index contributed by atoms with van der Waals surface area (Å²) in [5.41, 5.74) is 2.41. The zero-order chi connectivity index (χ0) is 25.3. The monoisotopic (exact) mass is 521 g/mol. The van der Waals surface area contributed by atoms with Crippen molar-refractivity contribution in [3.8, 4) is 5.75 Å². The third-order valence-electron chi connectivity index (χ3n) is 5.53. The van der Waals surface area contributed by atoms with Crippen molar-refractivity contribution in [3.63, 3.8) is 0 Å². The molecule has 0 spiro atoms. The second kappa shape index (κ2) is 12.6. The second-order valence-corrected chi connectivity index (χ2v) is 9.93. The van der Waals surface area contributed by atoms with Crippen LogP contribution in [0.3, 0.4) is 0 Å². The average Bonchev–Trinajstić information content (AvgIpc) is 2.88. The molecule has 1 atom stereocenters. The van der Waals surface area contributed by atoms with Gasteiger partial charge < -0.3 is 10.1 Å². The highest BCUT2D eigenvalue weighted by molar-refractivity contribution is 8.15. The van der Waals surface area contributed by atoms with Gasteiger partial charge in [-0.15, -0.1) is 0 Å². The molecule has 8 heteroatoms. The van der Waals surface area contributed by atoms with Crippen molar-refractivity contribution in [2.45, 2.75) is 31.4 Å². The lowest BCUT2D eigenvalue weighted by molar-refractivity contribution is -0.129. The summed E-state index contributed by atoms with van der Waals surface area (Å²) in [6.45, 7) is 3.16. The van der Waals surface area contributed by atoms with Gasteiger partial charge in [-0.3, -0.25) is 14.5 Å². The van der Waals surface area contributed by atoms with Gasteiger partial charge in [-0.05, 0) is 60.9 Å². The summed E-state index contributed by atoms with van der Waals surface area (Å²) in [5, 5.41) is 3.37. The second-order valence-electron chi connectivity index (χ2n) is 8.33. The molecule has 186 valence electrons. The molecule has 3 aromatic carbocycles. The number of benzene rings is 3. The van der Waals surface area contributed by atoms with Crippen LogP contribution < -0.4 is 10.1 Å². The molecule has 0 aromatic heterocycles. The van der Waals surface area contributed by atoms with E-state index in [2.05, 4.69) is 5.32 Å². The van der Waals surface area contributed by atoms with E-state index in [1.807, 2.05) is 61.5 Å². The number of nitrogens with one attached hydrogen (secondary N) is 1. The molecule has 2 amide bonds. The minimum absolute atomic E-state index is 0.0948. The molecule has 1 fully saturated rings. The minimum Gasteiger partial charge on any atom is -0.494 e. The van der Waals surface area contributed by atoms with Crippen LogP contribution in [0.25, 0.3) is 0 Å². The molecule has 1 aliphatic rings. The molecule has 1 N–H and O–H groups in total. The van der Waals surface area contributed by atoms with E-state index in [0.717, 1.165) is 17.7 Å². The molecule has 3 aromatic rings. The molecular formula is C28H28ClN3O3S. The maximum absolute atomic E-state index is 13.2. The van der Waals surface area contributed by atoms with Gasteiger partial charge in [-0.1, -0.05) is 66.7 Å². The molecule has 36 heavy (non-hydrogen) atoms. The van der Waals surface area contributed by atoms with E-state index in [1.165, 1.54) is 11.8 Å². The summed E-state index contributed by atoms with van der Waals surface area (Å²) < 4.78 is 5.60. The molecule has 6 nitrogen and oxygen atoms in total. The van der Waals surface area contributed by atoms with Crippen molar-refractivity contribution in [2.75, 3.05) is 18.5 Å². The largest absolute Gasteiger partial charge is 0.494 e. The van der Waals surface area contributed by atoms with Gasteiger partial charge in [0.15, 0.2) is 5.17 Å². The third-order valence-corrected chi connectivity index (χ3v) is 6.95. The fourth-order valence-corrected chi connectivity index (χ4v) is 4.99. The number of ether oxygens (including phenoxy) is 1. The summed E-state index contributed by atoms with van der Waals surface area (Å²) in [6, 6.07) is 24.4. The Morgan fingerprint density at radius 2 is 1.89 bits per heavy atom. The highest BCUT2D eigenvalue weighted by atomic mass is 35.5. The quantitative estimate of drug-likeness (QED) is 0.357. The summed E-state index contributed by atoms with van der Waals surface area (Å²) in [6.07, 6.45) is 1.70.